The van der Waals surface area contributed by atoms with Gasteiger partial charge in [-0.05, 0) is 33.3 Å². The van der Waals surface area contributed by atoms with Crippen LogP contribution >= 0.6 is 0 Å². The van der Waals surface area contributed by atoms with Gasteiger partial charge < -0.3 is 14.4 Å². The van der Waals surface area contributed by atoms with E-state index in [2.05, 4.69) is 6.07 Å². The van der Waals surface area contributed by atoms with Crippen molar-refractivity contribution in [3.05, 3.63) is 29.8 Å². The Morgan fingerprint density at radius 2 is 2.10 bits per heavy atom. The lowest BCUT2D eigenvalue weighted by Crippen LogP contribution is -2.38. The van der Waals surface area contributed by atoms with Crippen LogP contribution in [0.5, 0.6) is 5.75 Å². The van der Waals surface area contributed by atoms with E-state index < -0.39 is 5.60 Å². The molecular formula is C16H21NO3. The lowest BCUT2D eigenvalue weighted by atomic mass is 9.82. The van der Waals surface area contributed by atoms with E-state index in [4.69, 9.17) is 9.47 Å². The molecule has 0 aromatic heterocycles. The highest BCUT2D eigenvalue weighted by atomic mass is 16.6. The molecule has 1 aromatic carbocycles. The van der Waals surface area contributed by atoms with Crippen molar-refractivity contribution in [2.75, 3.05) is 19.7 Å². The minimum Gasteiger partial charge on any atom is -0.492 e. The summed E-state index contributed by atoms with van der Waals surface area (Å²) < 4.78 is 11.2. The highest BCUT2D eigenvalue weighted by molar-refractivity contribution is 5.69. The minimum atomic E-state index is -0.448. The zero-order chi connectivity index (χ0) is 14.4. The molecule has 2 aliphatic heterocycles. The number of carbonyl (C=O) groups is 1. The van der Waals surface area contributed by atoms with Crippen LogP contribution in [0.15, 0.2) is 24.3 Å². The Bertz CT molecular complexity index is 535. The van der Waals surface area contributed by atoms with E-state index in [1.165, 1.54) is 5.56 Å². The zero-order valence-corrected chi connectivity index (χ0v) is 12.3. The third kappa shape index (κ3) is 2.23. The Labute approximate surface area is 119 Å². The zero-order valence-electron chi connectivity index (χ0n) is 12.3. The first kappa shape index (κ1) is 13.3. The van der Waals surface area contributed by atoms with E-state index in [0.717, 1.165) is 18.7 Å². The number of rotatable bonds is 0. The average Bonchev–Trinajstić information content (AvgIpc) is 2.95. The summed E-state index contributed by atoms with van der Waals surface area (Å²) in [4.78, 5) is 14.0. The average molecular weight is 275 g/mol. The molecule has 0 saturated carbocycles. The van der Waals surface area contributed by atoms with Gasteiger partial charge in [-0.15, -0.1) is 0 Å². The van der Waals surface area contributed by atoms with Crippen LogP contribution in [0.2, 0.25) is 0 Å². The van der Waals surface area contributed by atoms with Crippen LogP contribution in [-0.2, 0) is 10.2 Å². The highest BCUT2D eigenvalue weighted by Gasteiger charge is 2.47. The molecule has 2 heterocycles. The normalized spacial score (nSPS) is 24.6. The van der Waals surface area contributed by atoms with E-state index in [9.17, 15) is 4.79 Å². The SMILES string of the molecule is CC(C)(C)OC(=O)N1CC[C@]2(COc3ccccc32)C1. The predicted molar refractivity (Wildman–Crippen MR) is 76.0 cm³/mol. The van der Waals surface area contributed by atoms with Gasteiger partial charge in [0.1, 0.15) is 11.4 Å². The Kier molecular flexibility index (Phi) is 2.92. The first-order chi connectivity index (χ1) is 9.40. The van der Waals surface area contributed by atoms with Crippen molar-refractivity contribution in [3.8, 4) is 5.75 Å². The van der Waals surface area contributed by atoms with Crippen LogP contribution in [0, 0.1) is 0 Å². The summed E-state index contributed by atoms with van der Waals surface area (Å²) in [5, 5.41) is 0. The van der Waals surface area contributed by atoms with Crippen LogP contribution < -0.4 is 4.74 Å². The molecule has 1 saturated heterocycles. The highest BCUT2D eigenvalue weighted by Crippen LogP contribution is 2.44. The largest absolute Gasteiger partial charge is 0.492 e. The van der Waals surface area contributed by atoms with Crippen molar-refractivity contribution < 1.29 is 14.3 Å². The third-order valence-electron chi connectivity index (χ3n) is 3.97. The lowest BCUT2D eigenvalue weighted by molar-refractivity contribution is 0.0282. The fraction of sp³-hybridized carbons (Fsp3) is 0.562. The molecule has 0 unspecified atom stereocenters. The number of ether oxygens (including phenoxy) is 2. The topological polar surface area (TPSA) is 38.8 Å². The first-order valence-electron chi connectivity index (χ1n) is 7.10. The Morgan fingerprint density at radius 1 is 1.35 bits per heavy atom. The van der Waals surface area contributed by atoms with Gasteiger partial charge >= 0.3 is 6.09 Å². The molecule has 0 N–H and O–H groups in total. The fourth-order valence-electron chi connectivity index (χ4n) is 3.02. The van der Waals surface area contributed by atoms with Gasteiger partial charge in [-0.1, -0.05) is 18.2 Å². The van der Waals surface area contributed by atoms with Crippen LogP contribution in [0.25, 0.3) is 0 Å². The summed E-state index contributed by atoms with van der Waals surface area (Å²) in [6.07, 6.45) is 0.710. The van der Waals surface area contributed by atoms with Gasteiger partial charge in [0.25, 0.3) is 0 Å². The molecule has 2 aliphatic rings. The summed E-state index contributed by atoms with van der Waals surface area (Å²) in [7, 11) is 0. The summed E-state index contributed by atoms with van der Waals surface area (Å²) >= 11 is 0. The summed E-state index contributed by atoms with van der Waals surface area (Å²) in [6, 6.07) is 8.13. The number of amides is 1. The molecule has 1 fully saturated rings. The first-order valence-corrected chi connectivity index (χ1v) is 7.10. The molecule has 0 radical (unpaired) electrons. The molecule has 1 amide bonds. The minimum absolute atomic E-state index is 0.0481. The van der Waals surface area contributed by atoms with Crippen molar-refractivity contribution >= 4 is 6.09 Å². The molecule has 4 nitrogen and oxygen atoms in total. The molecule has 1 spiro atoms. The number of hydrogen-bond acceptors (Lipinski definition) is 3. The Balaban J connectivity index is 1.76. The summed E-state index contributed by atoms with van der Waals surface area (Å²) in [5.74, 6) is 0.957. The van der Waals surface area contributed by atoms with Gasteiger partial charge in [0, 0.05) is 18.7 Å². The molecular weight excluding hydrogens is 254 g/mol. The van der Waals surface area contributed by atoms with Gasteiger partial charge in [-0.3, -0.25) is 0 Å². The van der Waals surface area contributed by atoms with Crippen LogP contribution in [0.1, 0.15) is 32.8 Å². The van der Waals surface area contributed by atoms with Crippen molar-refractivity contribution in [2.45, 2.75) is 38.2 Å². The third-order valence-corrected chi connectivity index (χ3v) is 3.97. The Hall–Kier alpha value is -1.71. The number of benzene rings is 1. The molecule has 0 bridgehead atoms. The van der Waals surface area contributed by atoms with Gasteiger partial charge in [0.05, 0.1) is 12.0 Å². The lowest BCUT2D eigenvalue weighted by Gasteiger charge is -2.26. The summed E-state index contributed by atoms with van der Waals surface area (Å²) in [6.45, 7) is 7.75. The van der Waals surface area contributed by atoms with Gasteiger partial charge in [0.2, 0.25) is 0 Å². The number of carbonyl (C=O) groups excluding carboxylic acids is 1. The monoisotopic (exact) mass is 275 g/mol. The van der Waals surface area contributed by atoms with E-state index in [-0.39, 0.29) is 11.5 Å². The van der Waals surface area contributed by atoms with E-state index in [0.29, 0.717) is 13.2 Å². The van der Waals surface area contributed by atoms with Crippen LogP contribution in [0.4, 0.5) is 4.79 Å². The fourth-order valence-corrected chi connectivity index (χ4v) is 3.02. The maximum Gasteiger partial charge on any atom is 0.410 e. The van der Waals surface area contributed by atoms with Gasteiger partial charge in [0.15, 0.2) is 0 Å². The van der Waals surface area contributed by atoms with E-state index in [1.54, 1.807) is 4.90 Å². The maximum absolute atomic E-state index is 12.2. The van der Waals surface area contributed by atoms with E-state index >= 15 is 0 Å². The molecule has 108 valence electrons. The molecule has 4 heteroatoms. The molecule has 3 rings (SSSR count). The second kappa shape index (κ2) is 4.40. The molecule has 0 aliphatic carbocycles. The molecule has 20 heavy (non-hydrogen) atoms. The summed E-state index contributed by atoms with van der Waals surface area (Å²) in [5.41, 5.74) is 0.732. The number of nitrogens with zero attached hydrogens (tertiary/aromatic N) is 1. The van der Waals surface area contributed by atoms with Crippen LogP contribution in [-0.4, -0.2) is 36.3 Å². The number of likely N-dealkylation sites (tertiary alicyclic amines) is 1. The number of para-hydroxylation sites is 1. The quantitative estimate of drug-likeness (QED) is 0.730. The van der Waals surface area contributed by atoms with Gasteiger partial charge in [-0.25, -0.2) is 4.79 Å². The number of hydrogen-bond donors (Lipinski definition) is 0. The van der Waals surface area contributed by atoms with Crippen LogP contribution in [0.3, 0.4) is 0 Å². The molecule has 1 aromatic rings. The predicted octanol–water partition coefficient (Wildman–Crippen LogP) is 2.96. The smallest absolute Gasteiger partial charge is 0.410 e. The van der Waals surface area contributed by atoms with Crippen molar-refractivity contribution in [1.29, 1.82) is 0 Å². The standard InChI is InChI=1S/C16H21NO3/c1-15(2,3)20-14(18)17-9-8-16(10-17)11-19-13-7-5-4-6-12(13)16/h4-7H,8-11H2,1-3H3/t16-/m1/s1. The Morgan fingerprint density at radius 3 is 2.85 bits per heavy atom. The number of fused-ring (bicyclic) bond motifs is 2. The van der Waals surface area contributed by atoms with Crippen molar-refractivity contribution in [3.63, 3.8) is 0 Å². The van der Waals surface area contributed by atoms with Crippen molar-refractivity contribution in [2.24, 2.45) is 0 Å². The second-order valence-corrected chi connectivity index (χ2v) is 6.72. The van der Waals surface area contributed by atoms with E-state index in [1.807, 2.05) is 39.0 Å². The van der Waals surface area contributed by atoms with Crippen molar-refractivity contribution in [1.82, 2.24) is 4.90 Å². The molecule has 1 atom stereocenters. The van der Waals surface area contributed by atoms with Gasteiger partial charge in [-0.2, -0.15) is 0 Å². The second-order valence-electron chi connectivity index (χ2n) is 6.72. The maximum atomic E-state index is 12.2.